The predicted octanol–water partition coefficient (Wildman–Crippen LogP) is 4.38. The van der Waals surface area contributed by atoms with Crippen LogP contribution in [-0.4, -0.2) is 23.8 Å². The molecule has 1 N–H and O–H groups in total. The molecule has 4 heteroatoms. The summed E-state index contributed by atoms with van der Waals surface area (Å²) in [6, 6.07) is 2.28. The van der Waals surface area contributed by atoms with E-state index in [4.69, 9.17) is 4.74 Å². The van der Waals surface area contributed by atoms with Crippen LogP contribution in [-0.2, 0) is 9.53 Å². The van der Waals surface area contributed by atoms with Gasteiger partial charge in [0.1, 0.15) is 0 Å². The quantitative estimate of drug-likeness (QED) is 0.577. The fourth-order valence-electron chi connectivity index (χ4n) is 7.71. The first-order valence-electron chi connectivity index (χ1n) is 10.8. The number of nitrogens with zero attached hydrogens (tertiary/aromatic N) is 1. The van der Waals surface area contributed by atoms with Crippen molar-refractivity contribution in [3.05, 3.63) is 11.6 Å². The van der Waals surface area contributed by atoms with Gasteiger partial charge in [0, 0.05) is 18.4 Å². The summed E-state index contributed by atoms with van der Waals surface area (Å²) in [7, 11) is 0. The van der Waals surface area contributed by atoms with Gasteiger partial charge in [0.15, 0.2) is 0 Å². The Bertz CT molecular complexity index is 680. The van der Waals surface area contributed by atoms with Crippen molar-refractivity contribution in [3.63, 3.8) is 0 Å². The van der Waals surface area contributed by atoms with E-state index < -0.39 is 0 Å². The molecule has 4 nitrogen and oxygen atoms in total. The van der Waals surface area contributed by atoms with Gasteiger partial charge < -0.3 is 9.84 Å². The number of fused-ring (bicyclic) bond motifs is 5. The van der Waals surface area contributed by atoms with Crippen LogP contribution < -0.4 is 0 Å². The summed E-state index contributed by atoms with van der Waals surface area (Å²) in [6.45, 7) is 4.43. The van der Waals surface area contributed by atoms with Gasteiger partial charge in [0.25, 0.3) is 0 Å². The lowest BCUT2D eigenvalue weighted by atomic mass is 9.44. The SMILES string of the molecule is CC(=O)OC[C@]12CC[C@@H](O)C[C@@H]1CC[C@@H]1[C@@H]2CC[C@]2(C)C(=CC#N)CC[C@@H]12. The first-order chi connectivity index (χ1) is 12.9. The monoisotopic (exact) mass is 371 g/mol. The standard InChI is InChI=1S/C23H33NO3/c1-15(25)27-14-23-11-7-18(26)13-17(23)3-5-19-20-6-4-16(9-12-24)22(20,2)10-8-21(19)23/h9,17-21,26H,3-8,10-11,13-14H2,1-2H3/t17-,18+,19-,20-,21-,22+,23+/m0/s1. The van der Waals surface area contributed by atoms with Crippen LogP contribution in [0.1, 0.15) is 71.6 Å². The maximum atomic E-state index is 11.6. The van der Waals surface area contributed by atoms with Gasteiger partial charge >= 0.3 is 5.97 Å². The van der Waals surface area contributed by atoms with Crippen molar-refractivity contribution in [3.8, 4) is 6.07 Å². The summed E-state index contributed by atoms with van der Waals surface area (Å²) in [6.07, 6.45) is 11.2. The van der Waals surface area contributed by atoms with E-state index >= 15 is 0 Å². The average Bonchev–Trinajstić information content (AvgIpc) is 2.97. The topological polar surface area (TPSA) is 70.3 Å². The number of hydrogen-bond acceptors (Lipinski definition) is 4. The lowest BCUT2D eigenvalue weighted by Crippen LogP contribution is -2.56. The van der Waals surface area contributed by atoms with Gasteiger partial charge in [-0.2, -0.15) is 5.26 Å². The number of aliphatic hydroxyl groups excluding tert-OH is 1. The Labute approximate surface area is 163 Å². The second kappa shape index (κ2) is 6.92. The summed E-state index contributed by atoms with van der Waals surface area (Å²) >= 11 is 0. The maximum Gasteiger partial charge on any atom is 0.302 e. The van der Waals surface area contributed by atoms with Crippen molar-refractivity contribution < 1.29 is 14.6 Å². The molecule has 27 heavy (non-hydrogen) atoms. The molecule has 0 spiro atoms. The van der Waals surface area contributed by atoms with E-state index in [1.165, 1.54) is 25.3 Å². The van der Waals surface area contributed by atoms with E-state index in [1.54, 1.807) is 0 Å². The van der Waals surface area contributed by atoms with Gasteiger partial charge in [0.2, 0.25) is 0 Å². The van der Waals surface area contributed by atoms with Crippen LogP contribution in [0.2, 0.25) is 0 Å². The zero-order valence-corrected chi connectivity index (χ0v) is 16.7. The van der Waals surface area contributed by atoms with Crippen LogP contribution in [0.15, 0.2) is 11.6 Å². The highest BCUT2D eigenvalue weighted by molar-refractivity contribution is 5.65. The third-order valence-electron chi connectivity index (χ3n) is 8.97. The number of rotatable bonds is 2. The molecule has 0 radical (unpaired) electrons. The first kappa shape index (κ1) is 19.0. The van der Waals surface area contributed by atoms with Crippen molar-refractivity contribution in [2.24, 2.45) is 34.5 Å². The van der Waals surface area contributed by atoms with Crippen LogP contribution in [0, 0.1) is 45.8 Å². The van der Waals surface area contributed by atoms with Gasteiger partial charge in [-0.25, -0.2) is 0 Å². The van der Waals surface area contributed by atoms with Crippen LogP contribution in [0.5, 0.6) is 0 Å². The lowest BCUT2D eigenvalue weighted by molar-refractivity contribution is -0.171. The van der Waals surface area contributed by atoms with Crippen molar-refractivity contribution in [2.75, 3.05) is 6.61 Å². The summed E-state index contributed by atoms with van der Waals surface area (Å²) in [5.74, 6) is 2.19. The molecule has 0 amide bonds. The Morgan fingerprint density at radius 3 is 2.81 bits per heavy atom. The number of hydrogen-bond donors (Lipinski definition) is 1. The third kappa shape index (κ3) is 2.94. The molecule has 0 bridgehead atoms. The molecule has 4 aliphatic carbocycles. The highest BCUT2D eigenvalue weighted by Crippen LogP contribution is 2.67. The molecular formula is C23H33NO3. The Morgan fingerprint density at radius 1 is 1.26 bits per heavy atom. The van der Waals surface area contributed by atoms with Crippen LogP contribution >= 0.6 is 0 Å². The molecule has 4 saturated carbocycles. The van der Waals surface area contributed by atoms with E-state index in [0.717, 1.165) is 44.9 Å². The Hall–Kier alpha value is -1.34. The minimum absolute atomic E-state index is 0.0524. The van der Waals surface area contributed by atoms with Crippen LogP contribution in [0.25, 0.3) is 0 Å². The Morgan fingerprint density at radius 2 is 2.07 bits per heavy atom. The predicted molar refractivity (Wildman–Crippen MR) is 102 cm³/mol. The number of aliphatic hydroxyl groups is 1. The van der Waals surface area contributed by atoms with E-state index in [1.807, 2.05) is 6.08 Å². The molecule has 0 aromatic carbocycles. The van der Waals surface area contributed by atoms with Gasteiger partial charge in [-0.1, -0.05) is 12.5 Å². The number of carbonyl (C=O) groups is 1. The van der Waals surface area contributed by atoms with Gasteiger partial charge in [-0.15, -0.1) is 0 Å². The van der Waals surface area contributed by atoms with Crippen molar-refractivity contribution in [2.45, 2.75) is 77.7 Å². The number of ether oxygens (including phenoxy) is 1. The van der Waals surface area contributed by atoms with Crippen LogP contribution in [0.3, 0.4) is 0 Å². The molecule has 0 aromatic heterocycles. The normalized spacial score (nSPS) is 47.5. The molecule has 0 saturated heterocycles. The molecule has 4 fully saturated rings. The molecule has 148 valence electrons. The Kier molecular flexibility index (Phi) is 4.87. The summed E-state index contributed by atoms with van der Waals surface area (Å²) < 4.78 is 5.65. The van der Waals surface area contributed by atoms with Crippen molar-refractivity contribution >= 4 is 5.97 Å². The second-order valence-electron chi connectivity index (χ2n) is 9.89. The lowest BCUT2D eigenvalue weighted by Gasteiger charge is -2.61. The largest absolute Gasteiger partial charge is 0.465 e. The maximum absolute atomic E-state index is 11.6. The zero-order valence-electron chi connectivity index (χ0n) is 16.7. The van der Waals surface area contributed by atoms with Crippen molar-refractivity contribution in [1.82, 2.24) is 0 Å². The fraction of sp³-hybridized carbons (Fsp3) is 0.826. The third-order valence-corrected chi connectivity index (χ3v) is 8.97. The molecule has 0 aliphatic heterocycles. The molecule has 4 aliphatic rings. The molecule has 4 rings (SSSR count). The van der Waals surface area contributed by atoms with Gasteiger partial charge in [-0.3, -0.25) is 4.79 Å². The number of allylic oxidation sites excluding steroid dienone is 2. The fourth-order valence-corrected chi connectivity index (χ4v) is 7.71. The summed E-state index contributed by atoms with van der Waals surface area (Å²) in [5.41, 5.74) is 1.60. The second-order valence-corrected chi connectivity index (χ2v) is 9.89. The van der Waals surface area contributed by atoms with E-state index in [0.29, 0.717) is 30.3 Å². The summed E-state index contributed by atoms with van der Waals surface area (Å²) in [4.78, 5) is 11.6. The highest BCUT2D eigenvalue weighted by Gasteiger charge is 2.60. The minimum Gasteiger partial charge on any atom is -0.465 e. The van der Waals surface area contributed by atoms with E-state index in [-0.39, 0.29) is 22.9 Å². The summed E-state index contributed by atoms with van der Waals surface area (Å²) in [5, 5.41) is 19.5. The molecule has 7 atom stereocenters. The number of esters is 1. The smallest absolute Gasteiger partial charge is 0.302 e. The average molecular weight is 372 g/mol. The first-order valence-corrected chi connectivity index (χ1v) is 10.8. The van der Waals surface area contributed by atoms with Gasteiger partial charge in [-0.05, 0) is 86.9 Å². The molecular weight excluding hydrogens is 338 g/mol. The van der Waals surface area contributed by atoms with E-state index in [9.17, 15) is 15.2 Å². The molecule has 0 heterocycles. The van der Waals surface area contributed by atoms with Gasteiger partial charge in [0.05, 0.1) is 18.8 Å². The Balaban J connectivity index is 1.65. The zero-order chi connectivity index (χ0) is 19.2. The highest BCUT2D eigenvalue weighted by atomic mass is 16.5. The minimum atomic E-state index is -0.192. The van der Waals surface area contributed by atoms with Crippen molar-refractivity contribution in [1.29, 1.82) is 5.26 Å². The number of nitriles is 1. The van der Waals surface area contributed by atoms with Crippen LogP contribution in [0.4, 0.5) is 0 Å². The molecule has 0 aromatic rings. The number of carbonyl (C=O) groups excluding carboxylic acids is 1. The van der Waals surface area contributed by atoms with E-state index in [2.05, 4.69) is 13.0 Å². The molecule has 0 unspecified atom stereocenters.